The van der Waals surface area contributed by atoms with Crippen LogP contribution in [-0.4, -0.2) is 26.7 Å². The quantitative estimate of drug-likeness (QED) is 0.524. The summed E-state index contributed by atoms with van der Waals surface area (Å²) >= 11 is 11.7. The van der Waals surface area contributed by atoms with Crippen molar-refractivity contribution in [3.05, 3.63) is 22.2 Å². The molecular weight excluding hydrogens is 323 g/mol. The second-order valence-corrected chi connectivity index (χ2v) is 7.12. The number of benzene rings is 1. The molecule has 0 amide bonds. The Morgan fingerprint density at radius 1 is 1.40 bits per heavy atom. The second-order valence-electron chi connectivity index (χ2n) is 4.60. The Bertz CT molecular complexity index is 564. The van der Waals surface area contributed by atoms with Gasteiger partial charge in [-0.25, -0.2) is 13.1 Å². The lowest BCUT2D eigenvalue weighted by molar-refractivity contribution is 0.228. The van der Waals surface area contributed by atoms with Gasteiger partial charge in [0.15, 0.2) is 0 Å². The van der Waals surface area contributed by atoms with Crippen molar-refractivity contribution in [1.29, 1.82) is 0 Å². The van der Waals surface area contributed by atoms with E-state index < -0.39 is 10.0 Å². The molecule has 1 aromatic rings. The molecule has 1 aromatic carbocycles. The van der Waals surface area contributed by atoms with Crippen LogP contribution in [0.25, 0.3) is 0 Å². The van der Waals surface area contributed by atoms with E-state index in [9.17, 15) is 8.42 Å². The molecule has 0 aliphatic carbocycles. The molecule has 0 radical (unpaired) electrons. The third kappa shape index (κ3) is 4.49. The smallest absolute Gasteiger partial charge is 0.242 e. The highest BCUT2D eigenvalue weighted by molar-refractivity contribution is 7.89. The number of anilines is 1. The summed E-state index contributed by atoms with van der Waals surface area (Å²) in [5, 5.41) is 9.02. The predicted octanol–water partition coefficient (Wildman–Crippen LogP) is 2.26. The molecule has 1 rings (SSSR count). The number of rotatable bonds is 7. The van der Waals surface area contributed by atoms with Crippen LogP contribution in [0.4, 0.5) is 5.69 Å². The molecule has 0 saturated heterocycles. The number of nitrogens with one attached hydrogen (secondary N) is 1. The van der Waals surface area contributed by atoms with E-state index in [4.69, 9.17) is 34.0 Å². The largest absolute Gasteiger partial charge is 0.396 e. The fourth-order valence-corrected chi connectivity index (χ4v) is 3.42. The van der Waals surface area contributed by atoms with E-state index in [1.165, 1.54) is 12.1 Å². The molecule has 8 heteroatoms. The summed E-state index contributed by atoms with van der Waals surface area (Å²) in [4.78, 5) is -0.0868. The number of halogens is 2. The molecule has 0 saturated carbocycles. The topological polar surface area (TPSA) is 92.4 Å². The Hall–Kier alpha value is -0.530. The molecule has 114 valence electrons. The van der Waals surface area contributed by atoms with Gasteiger partial charge in [-0.3, -0.25) is 0 Å². The minimum absolute atomic E-state index is 0.0464. The second kappa shape index (κ2) is 7.47. The first-order valence-corrected chi connectivity index (χ1v) is 8.37. The van der Waals surface area contributed by atoms with Crippen LogP contribution >= 0.6 is 23.2 Å². The van der Waals surface area contributed by atoms with Crippen molar-refractivity contribution in [2.24, 2.45) is 5.92 Å². The molecule has 0 bridgehead atoms. The van der Waals surface area contributed by atoms with Crippen molar-refractivity contribution in [3.8, 4) is 0 Å². The zero-order chi connectivity index (χ0) is 15.3. The summed E-state index contributed by atoms with van der Waals surface area (Å²) in [6.07, 6.45) is 1.36. The van der Waals surface area contributed by atoms with Crippen LogP contribution in [0.3, 0.4) is 0 Å². The van der Waals surface area contributed by atoms with Crippen molar-refractivity contribution in [2.45, 2.75) is 24.7 Å². The summed E-state index contributed by atoms with van der Waals surface area (Å²) in [5.41, 5.74) is 5.65. The first-order valence-electron chi connectivity index (χ1n) is 6.13. The first-order chi connectivity index (χ1) is 9.29. The van der Waals surface area contributed by atoms with E-state index in [2.05, 4.69) is 4.72 Å². The molecule has 0 fully saturated rings. The van der Waals surface area contributed by atoms with E-state index >= 15 is 0 Å². The summed E-state index contributed by atoms with van der Waals surface area (Å²) < 4.78 is 26.6. The lowest BCUT2D eigenvalue weighted by Crippen LogP contribution is -2.25. The third-order valence-electron chi connectivity index (χ3n) is 2.86. The van der Waals surface area contributed by atoms with Gasteiger partial charge in [0.2, 0.25) is 10.0 Å². The van der Waals surface area contributed by atoms with Gasteiger partial charge in [-0.2, -0.15) is 0 Å². The molecule has 20 heavy (non-hydrogen) atoms. The number of hydrogen-bond donors (Lipinski definition) is 3. The van der Waals surface area contributed by atoms with Gasteiger partial charge in [0.1, 0.15) is 4.90 Å². The van der Waals surface area contributed by atoms with Gasteiger partial charge in [0.25, 0.3) is 0 Å². The van der Waals surface area contributed by atoms with Crippen LogP contribution in [0, 0.1) is 5.92 Å². The van der Waals surface area contributed by atoms with E-state index in [1.807, 2.05) is 6.92 Å². The molecule has 0 spiro atoms. The molecule has 0 heterocycles. The van der Waals surface area contributed by atoms with Crippen molar-refractivity contribution in [1.82, 2.24) is 4.72 Å². The minimum atomic E-state index is -3.72. The molecule has 1 atom stereocenters. The first kappa shape index (κ1) is 17.5. The average molecular weight is 341 g/mol. The molecule has 0 aliphatic rings. The van der Waals surface area contributed by atoms with E-state index in [1.54, 1.807) is 0 Å². The van der Waals surface area contributed by atoms with Gasteiger partial charge < -0.3 is 10.8 Å². The van der Waals surface area contributed by atoms with Gasteiger partial charge in [-0.15, -0.1) is 0 Å². The fraction of sp³-hybridized carbons (Fsp3) is 0.500. The minimum Gasteiger partial charge on any atom is -0.396 e. The highest BCUT2D eigenvalue weighted by Crippen LogP contribution is 2.32. The Balaban J connectivity index is 2.73. The summed E-state index contributed by atoms with van der Waals surface area (Å²) in [5.74, 6) is 0.147. The molecular formula is C12H18Cl2N2O3S. The Kier molecular flexibility index (Phi) is 6.54. The standard InChI is InChI=1S/C12H18Cl2N2O3S/c1-8(7-17)3-2-6-16-20(18,19)10-5-4-9(13)12(15)11(10)14/h4-5,8,16-17H,2-3,6-7,15H2,1H3. The van der Waals surface area contributed by atoms with Crippen molar-refractivity contribution >= 4 is 38.9 Å². The molecule has 4 N–H and O–H groups in total. The van der Waals surface area contributed by atoms with Crippen LogP contribution in [0.5, 0.6) is 0 Å². The van der Waals surface area contributed by atoms with E-state index in [0.717, 1.165) is 6.42 Å². The van der Waals surface area contributed by atoms with Gasteiger partial charge in [0.05, 0.1) is 15.7 Å². The third-order valence-corrected chi connectivity index (χ3v) is 5.21. The number of hydrogen-bond acceptors (Lipinski definition) is 4. The van der Waals surface area contributed by atoms with Gasteiger partial charge in [-0.05, 0) is 30.9 Å². The molecule has 0 aromatic heterocycles. The predicted molar refractivity (Wildman–Crippen MR) is 81.5 cm³/mol. The SMILES string of the molecule is CC(CO)CCCNS(=O)(=O)c1ccc(Cl)c(N)c1Cl. The zero-order valence-electron chi connectivity index (χ0n) is 11.1. The Morgan fingerprint density at radius 3 is 2.65 bits per heavy atom. The molecule has 5 nitrogen and oxygen atoms in total. The number of sulfonamides is 1. The van der Waals surface area contributed by atoms with E-state index in [-0.39, 0.29) is 39.7 Å². The number of nitrogen functional groups attached to an aromatic ring is 1. The molecule has 1 unspecified atom stereocenters. The normalized spacial score (nSPS) is 13.4. The van der Waals surface area contributed by atoms with E-state index in [0.29, 0.717) is 6.42 Å². The van der Waals surface area contributed by atoms with Crippen molar-refractivity contribution in [2.75, 3.05) is 18.9 Å². The van der Waals surface area contributed by atoms with Gasteiger partial charge in [0, 0.05) is 13.2 Å². The highest BCUT2D eigenvalue weighted by Gasteiger charge is 2.20. The maximum atomic E-state index is 12.1. The summed E-state index contributed by atoms with van der Waals surface area (Å²) in [6, 6.07) is 2.71. The van der Waals surface area contributed by atoms with Crippen LogP contribution in [0.1, 0.15) is 19.8 Å². The van der Waals surface area contributed by atoms with Crippen LogP contribution in [-0.2, 0) is 10.0 Å². The van der Waals surface area contributed by atoms with Crippen LogP contribution in [0.2, 0.25) is 10.0 Å². The summed E-state index contributed by atoms with van der Waals surface area (Å²) in [7, 11) is -3.72. The average Bonchev–Trinajstić information content (AvgIpc) is 2.40. The highest BCUT2D eigenvalue weighted by atomic mass is 35.5. The lowest BCUT2D eigenvalue weighted by atomic mass is 10.1. The molecule has 0 aliphatic heterocycles. The summed E-state index contributed by atoms with van der Waals surface area (Å²) in [6.45, 7) is 2.25. The van der Waals surface area contributed by atoms with Gasteiger partial charge in [-0.1, -0.05) is 30.1 Å². The van der Waals surface area contributed by atoms with Gasteiger partial charge >= 0.3 is 0 Å². The maximum Gasteiger partial charge on any atom is 0.242 e. The zero-order valence-corrected chi connectivity index (χ0v) is 13.4. The fourth-order valence-electron chi connectivity index (χ4n) is 1.58. The lowest BCUT2D eigenvalue weighted by Gasteiger charge is -2.11. The maximum absolute atomic E-state index is 12.1. The van der Waals surface area contributed by atoms with Crippen LogP contribution < -0.4 is 10.5 Å². The number of nitrogens with two attached hydrogens (primary N) is 1. The van der Waals surface area contributed by atoms with Crippen molar-refractivity contribution in [3.63, 3.8) is 0 Å². The Morgan fingerprint density at radius 2 is 2.05 bits per heavy atom. The van der Waals surface area contributed by atoms with Crippen molar-refractivity contribution < 1.29 is 13.5 Å². The Labute approximate surface area is 129 Å². The monoisotopic (exact) mass is 340 g/mol. The number of aliphatic hydroxyl groups is 1. The van der Waals surface area contributed by atoms with Crippen LogP contribution in [0.15, 0.2) is 17.0 Å². The number of aliphatic hydroxyl groups excluding tert-OH is 1.